The zero-order valence-corrected chi connectivity index (χ0v) is 19.5. The molecule has 4 heterocycles. The zero-order chi connectivity index (χ0) is 21.8. The van der Waals surface area contributed by atoms with Crippen molar-refractivity contribution in [2.75, 3.05) is 62.2 Å². The van der Waals surface area contributed by atoms with Gasteiger partial charge in [-0.25, -0.2) is 19.7 Å². The molecule has 31 heavy (non-hydrogen) atoms. The molecule has 2 aliphatic heterocycles. The van der Waals surface area contributed by atoms with Crippen LogP contribution in [0.25, 0.3) is 11.4 Å². The van der Waals surface area contributed by atoms with Gasteiger partial charge in [0.2, 0.25) is 0 Å². The number of ether oxygens (including phenoxy) is 1. The van der Waals surface area contributed by atoms with Crippen molar-refractivity contribution >= 4 is 28.3 Å². The SMILES string of the molecule is CCOC(=O)c1sc(N2CCC[C@@H](C)C2)nc1-c1cnc(N2CCN(CC)CC2)cn1. The molecule has 0 aromatic carbocycles. The fraction of sp³-hybridized carbons (Fsp3) is 0.636. The van der Waals surface area contributed by atoms with Gasteiger partial charge in [-0.15, -0.1) is 0 Å². The van der Waals surface area contributed by atoms with Gasteiger partial charge in [-0.3, -0.25) is 0 Å². The highest BCUT2D eigenvalue weighted by Gasteiger charge is 2.26. The molecule has 0 bridgehead atoms. The third-order valence-electron chi connectivity index (χ3n) is 6.03. The van der Waals surface area contributed by atoms with Crippen molar-refractivity contribution in [3.05, 3.63) is 17.3 Å². The number of carbonyl (C=O) groups is 1. The van der Waals surface area contributed by atoms with Crippen LogP contribution in [0, 0.1) is 5.92 Å². The molecular formula is C22H32N6O2S. The van der Waals surface area contributed by atoms with E-state index < -0.39 is 0 Å². The van der Waals surface area contributed by atoms with Gasteiger partial charge in [0.15, 0.2) is 5.13 Å². The molecule has 2 saturated heterocycles. The molecule has 2 fully saturated rings. The van der Waals surface area contributed by atoms with E-state index in [1.807, 2.05) is 6.92 Å². The second-order valence-electron chi connectivity index (χ2n) is 8.27. The maximum Gasteiger partial charge on any atom is 0.350 e. The number of carbonyl (C=O) groups excluding carboxylic acids is 1. The summed E-state index contributed by atoms with van der Waals surface area (Å²) in [6, 6.07) is 0. The van der Waals surface area contributed by atoms with Crippen LogP contribution in [0.2, 0.25) is 0 Å². The molecular weight excluding hydrogens is 412 g/mol. The second kappa shape index (κ2) is 9.91. The number of hydrogen-bond donors (Lipinski definition) is 0. The number of thiazole rings is 1. The van der Waals surface area contributed by atoms with E-state index in [0.29, 0.717) is 28.8 Å². The first-order valence-electron chi connectivity index (χ1n) is 11.3. The van der Waals surface area contributed by atoms with Crippen molar-refractivity contribution in [2.45, 2.75) is 33.6 Å². The van der Waals surface area contributed by atoms with E-state index in [9.17, 15) is 4.79 Å². The summed E-state index contributed by atoms with van der Waals surface area (Å²) in [6.07, 6.45) is 5.92. The number of nitrogens with zero attached hydrogens (tertiary/aromatic N) is 6. The molecule has 168 valence electrons. The molecule has 1 atom stereocenters. The Bertz CT molecular complexity index is 879. The number of esters is 1. The maximum atomic E-state index is 12.6. The van der Waals surface area contributed by atoms with E-state index in [4.69, 9.17) is 9.72 Å². The average molecular weight is 445 g/mol. The Morgan fingerprint density at radius 3 is 2.58 bits per heavy atom. The number of piperidine rings is 1. The van der Waals surface area contributed by atoms with Crippen LogP contribution in [0.15, 0.2) is 12.4 Å². The molecule has 0 N–H and O–H groups in total. The van der Waals surface area contributed by atoms with Crippen LogP contribution in [0.1, 0.15) is 43.3 Å². The van der Waals surface area contributed by atoms with E-state index in [1.165, 1.54) is 17.8 Å². The third-order valence-corrected chi connectivity index (χ3v) is 7.12. The first-order chi connectivity index (χ1) is 15.1. The molecule has 0 spiro atoms. The van der Waals surface area contributed by atoms with Crippen LogP contribution in [-0.2, 0) is 4.74 Å². The van der Waals surface area contributed by atoms with Gasteiger partial charge in [0, 0.05) is 39.3 Å². The van der Waals surface area contributed by atoms with Crippen LogP contribution in [0.4, 0.5) is 10.9 Å². The molecule has 0 saturated carbocycles. The Morgan fingerprint density at radius 2 is 1.94 bits per heavy atom. The molecule has 2 aromatic rings. The Balaban J connectivity index is 1.57. The number of hydrogen-bond acceptors (Lipinski definition) is 9. The summed E-state index contributed by atoms with van der Waals surface area (Å²) in [5.74, 6) is 1.16. The minimum absolute atomic E-state index is 0.334. The topological polar surface area (TPSA) is 74.7 Å². The van der Waals surface area contributed by atoms with Crippen LogP contribution in [-0.4, -0.2) is 78.2 Å². The van der Waals surface area contributed by atoms with Crippen molar-refractivity contribution in [3.63, 3.8) is 0 Å². The van der Waals surface area contributed by atoms with Crippen LogP contribution < -0.4 is 9.80 Å². The Hall–Kier alpha value is -2.26. The summed E-state index contributed by atoms with van der Waals surface area (Å²) in [6.45, 7) is 13.6. The fourth-order valence-electron chi connectivity index (χ4n) is 4.22. The number of rotatable bonds is 6. The van der Waals surface area contributed by atoms with Crippen molar-refractivity contribution in [3.8, 4) is 11.4 Å². The average Bonchev–Trinajstić information content (AvgIpc) is 3.25. The Kier molecular flexibility index (Phi) is 7.02. The summed E-state index contributed by atoms with van der Waals surface area (Å²) in [7, 11) is 0. The monoisotopic (exact) mass is 444 g/mol. The molecule has 0 amide bonds. The first-order valence-corrected chi connectivity index (χ1v) is 12.1. The van der Waals surface area contributed by atoms with Gasteiger partial charge in [-0.05, 0) is 32.2 Å². The van der Waals surface area contributed by atoms with Crippen molar-refractivity contribution in [1.82, 2.24) is 19.9 Å². The van der Waals surface area contributed by atoms with Crippen molar-refractivity contribution in [1.29, 1.82) is 0 Å². The smallest absolute Gasteiger partial charge is 0.350 e. The lowest BCUT2D eigenvalue weighted by Gasteiger charge is -2.34. The normalized spacial score (nSPS) is 20.2. The summed E-state index contributed by atoms with van der Waals surface area (Å²) in [4.78, 5) is 34.2. The summed E-state index contributed by atoms with van der Waals surface area (Å²) < 4.78 is 5.30. The minimum Gasteiger partial charge on any atom is -0.462 e. The van der Waals surface area contributed by atoms with Crippen LogP contribution >= 0.6 is 11.3 Å². The van der Waals surface area contributed by atoms with Gasteiger partial charge >= 0.3 is 5.97 Å². The molecule has 9 heteroatoms. The summed E-state index contributed by atoms with van der Waals surface area (Å²) in [5, 5.41) is 0.867. The lowest BCUT2D eigenvalue weighted by molar-refractivity contribution is 0.0532. The molecule has 8 nitrogen and oxygen atoms in total. The second-order valence-corrected chi connectivity index (χ2v) is 9.25. The van der Waals surface area contributed by atoms with Crippen molar-refractivity contribution < 1.29 is 9.53 Å². The lowest BCUT2D eigenvalue weighted by atomic mass is 10.0. The largest absolute Gasteiger partial charge is 0.462 e. The lowest BCUT2D eigenvalue weighted by Crippen LogP contribution is -2.46. The highest BCUT2D eigenvalue weighted by molar-refractivity contribution is 7.17. The molecule has 2 aliphatic rings. The molecule has 4 rings (SSSR count). The quantitative estimate of drug-likeness (QED) is 0.629. The maximum absolute atomic E-state index is 12.6. The van der Waals surface area contributed by atoms with E-state index in [2.05, 4.69) is 38.5 Å². The van der Waals surface area contributed by atoms with Crippen molar-refractivity contribution in [2.24, 2.45) is 5.92 Å². The number of anilines is 2. The summed E-state index contributed by atoms with van der Waals surface area (Å²) in [5.41, 5.74) is 1.19. The van der Waals surface area contributed by atoms with E-state index in [-0.39, 0.29) is 5.97 Å². The van der Waals surface area contributed by atoms with Gasteiger partial charge in [0.25, 0.3) is 0 Å². The molecule has 0 unspecified atom stereocenters. The molecule has 0 radical (unpaired) electrons. The predicted molar refractivity (Wildman–Crippen MR) is 124 cm³/mol. The van der Waals surface area contributed by atoms with Crippen LogP contribution in [0.5, 0.6) is 0 Å². The van der Waals surface area contributed by atoms with E-state index >= 15 is 0 Å². The van der Waals surface area contributed by atoms with E-state index in [0.717, 1.165) is 63.2 Å². The van der Waals surface area contributed by atoms with Crippen LogP contribution in [0.3, 0.4) is 0 Å². The zero-order valence-electron chi connectivity index (χ0n) is 18.7. The summed E-state index contributed by atoms with van der Waals surface area (Å²) >= 11 is 1.40. The van der Waals surface area contributed by atoms with E-state index in [1.54, 1.807) is 12.4 Å². The number of piperazine rings is 1. The third kappa shape index (κ3) is 4.98. The predicted octanol–water partition coefficient (Wildman–Crippen LogP) is 3.16. The number of likely N-dealkylation sites (N-methyl/N-ethyl adjacent to an activating group) is 1. The highest BCUT2D eigenvalue weighted by Crippen LogP contribution is 2.35. The van der Waals surface area contributed by atoms with Gasteiger partial charge in [-0.1, -0.05) is 25.2 Å². The first kappa shape index (κ1) is 22.0. The van der Waals surface area contributed by atoms with Gasteiger partial charge in [0.05, 0.1) is 19.0 Å². The minimum atomic E-state index is -0.340. The fourth-order valence-corrected chi connectivity index (χ4v) is 5.22. The number of aromatic nitrogens is 3. The highest BCUT2D eigenvalue weighted by atomic mass is 32.1. The van der Waals surface area contributed by atoms with Gasteiger partial charge < -0.3 is 19.4 Å². The molecule has 2 aromatic heterocycles. The van der Waals surface area contributed by atoms with Gasteiger partial charge in [0.1, 0.15) is 22.1 Å². The van der Waals surface area contributed by atoms with Gasteiger partial charge in [-0.2, -0.15) is 0 Å². The Labute approximate surface area is 188 Å². The Morgan fingerprint density at radius 1 is 1.13 bits per heavy atom. The standard InChI is InChI=1S/C22H32N6O2S/c1-4-26-9-11-27(12-10-26)18-14-23-17(13-24-18)19-20(21(29)30-5-2)31-22(25-19)28-8-6-7-16(3)15-28/h13-14,16H,4-12,15H2,1-3H3/t16-/m1/s1. The molecule has 0 aliphatic carbocycles.